The number of nitrogens with zero attached hydrogens (tertiary/aromatic N) is 1. The van der Waals surface area contributed by atoms with Crippen molar-refractivity contribution in [2.45, 2.75) is 6.04 Å². The van der Waals surface area contributed by atoms with Crippen LogP contribution in [-0.4, -0.2) is 23.7 Å². The van der Waals surface area contributed by atoms with E-state index in [1.165, 1.54) is 16.2 Å². The maximum atomic E-state index is 12.7. The van der Waals surface area contributed by atoms with Gasteiger partial charge in [0, 0.05) is 16.3 Å². The number of anilines is 2. The summed E-state index contributed by atoms with van der Waals surface area (Å²) in [5.74, 6) is -0.570. The Morgan fingerprint density at radius 3 is 2.57 bits per heavy atom. The summed E-state index contributed by atoms with van der Waals surface area (Å²) in [6, 6.07) is 16.5. The quantitative estimate of drug-likeness (QED) is 0.636. The molecule has 142 valence electrons. The van der Waals surface area contributed by atoms with Crippen LogP contribution in [0.5, 0.6) is 5.75 Å². The molecule has 2 aromatic carbocycles. The second-order valence-corrected chi connectivity index (χ2v) is 7.85. The van der Waals surface area contributed by atoms with E-state index in [1.807, 2.05) is 6.07 Å². The Hall–Kier alpha value is -3.03. The average molecular weight is 415 g/mol. The van der Waals surface area contributed by atoms with Crippen molar-refractivity contribution in [3.63, 3.8) is 0 Å². The number of hydrogen-bond donors (Lipinski definition) is 2. The highest BCUT2D eigenvalue weighted by Gasteiger charge is 2.26. The Balaban J connectivity index is 1.53. The first-order chi connectivity index (χ1) is 13.5. The molecule has 2 N–H and O–H groups in total. The van der Waals surface area contributed by atoms with Crippen LogP contribution < -0.4 is 15.0 Å². The average Bonchev–Trinajstić information content (AvgIpc) is 3.13. The lowest BCUT2D eigenvalue weighted by Gasteiger charge is -2.28. The highest BCUT2D eigenvalue weighted by atomic mass is 35.5. The molecular formula is C20H15ClN2O4S. The smallest absolute Gasteiger partial charge is 0.331 e. The molecule has 6 nitrogen and oxygen atoms in total. The van der Waals surface area contributed by atoms with Crippen molar-refractivity contribution < 1.29 is 19.4 Å². The summed E-state index contributed by atoms with van der Waals surface area (Å²) in [6.45, 7) is 0.119. The fourth-order valence-electron chi connectivity index (χ4n) is 2.94. The van der Waals surface area contributed by atoms with E-state index in [9.17, 15) is 14.7 Å². The number of thiophene rings is 1. The molecule has 0 aliphatic carbocycles. The molecule has 1 unspecified atom stereocenters. The number of benzene rings is 2. The predicted molar refractivity (Wildman–Crippen MR) is 109 cm³/mol. The lowest BCUT2D eigenvalue weighted by atomic mass is 10.1. The minimum Gasteiger partial charge on any atom is -0.479 e. The number of carbonyl (C=O) groups excluding carboxylic acids is 1. The fourth-order valence-corrected chi connectivity index (χ4v) is 4.05. The van der Waals surface area contributed by atoms with Gasteiger partial charge in [-0.1, -0.05) is 23.7 Å². The van der Waals surface area contributed by atoms with Crippen molar-refractivity contribution in [3.8, 4) is 5.75 Å². The van der Waals surface area contributed by atoms with Crippen LogP contribution in [0.4, 0.5) is 11.4 Å². The molecule has 0 spiro atoms. The molecule has 2 heterocycles. The normalized spacial score (nSPS) is 14.2. The SMILES string of the molecule is O=C(O)C(Nc1ccc(N2COc3ccccc3C2=O)cc1)c1ccc(Cl)s1. The lowest BCUT2D eigenvalue weighted by Crippen LogP contribution is -2.38. The Kier molecular flexibility index (Phi) is 4.93. The monoisotopic (exact) mass is 414 g/mol. The number of amides is 1. The topological polar surface area (TPSA) is 78.9 Å². The first kappa shape index (κ1) is 18.3. The zero-order valence-electron chi connectivity index (χ0n) is 14.5. The van der Waals surface area contributed by atoms with Gasteiger partial charge in [0.25, 0.3) is 5.91 Å². The molecule has 8 heteroatoms. The van der Waals surface area contributed by atoms with Gasteiger partial charge < -0.3 is 15.2 Å². The molecule has 0 radical (unpaired) electrons. The third-order valence-electron chi connectivity index (χ3n) is 4.33. The van der Waals surface area contributed by atoms with Gasteiger partial charge in [-0.3, -0.25) is 9.69 Å². The van der Waals surface area contributed by atoms with Crippen molar-refractivity contribution in [2.24, 2.45) is 0 Å². The van der Waals surface area contributed by atoms with E-state index >= 15 is 0 Å². The van der Waals surface area contributed by atoms with Crippen LogP contribution in [0, 0.1) is 0 Å². The molecule has 1 atom stereocenters. The van der Waals surface area contributed by atoms with Crippen molar-refractivity contribution >= 4 is 46.2 Å². The Morgan fingerprint density at radius 1 is 1.14 bits per heavy atom. The maximum absolute atomic E-state index is 12.7. The molecule has 1 amide bonds. The van der Waals surface area contributed by atoms with Crippen molar-refractivity contribution in [3.05, 3.63) is 75.4 Å². The second kappa shape index (κ2) is 7.53. The molecule has 1 aliphatic rings. The summed E-state index contributed by atoms with van der Waals surface area (Å²) in [5.41, 5.74) is 1.79. The number of aliphatic carboxylic acids is 1. The standard InChI is InChI=1S/C20H15ClN2O4S/c21-17-10-9-16(28-17)18(20(25)26)22-12-5-7-13(8-6-12)23-11-27-15-4-2-1-3-14(15)19(23)24/h1-10,18,22H,11H2,(H,25,26). The van der Waals surface area contributed by atoms with Crippen LogP contribution in [0.25, 0.3) is 0 Å². The van der Waals surface area contributed by atoms with Gasteiger partial charge in [-0.25, -0.2) is 4.79 Å². The molecular weight excluding hydrogens is 400 g/mol. The molecule has 0 fully saturated rings. The number of carboxylic acids is 1. The van der Waals surface area contributed by atoms with Gasteiger partial charge in [0.15, 0.2) is 12.8 Å². The molecule has 0 saturated carbocycles. The van der Waals surface area contributed by atoms with Crippen molar-refractivity contribution in [2.75, 3.05) is 16.9 Å². The zero-order chi connectivity index (χ0) is 19.7. The zero-order valence-corrected chi connectivity index (χ0v) is 16.0. The minimum absolute atomic E-state index is 0.119. The van der Waals surface area contributed by atoms with E-state index in [-0.39, 0.29) is 12.6 Å². The lowest BCUT2D eigenvalue weighted by molar-refractivity contribution is -0.138. The van der Waals surface area contributed by atoms with Crippen LogP contribution in [0.2, 0.25) is 4.34 Å². The summed E-state index contributed by atoms with van der Waals surface area (Å²) in [4.78, 5) is 26.5. The van der Waals surface area contributed by atoms with Crippen LogP contribution in [-0.2, 0) is 4.79 Å². The number of para-hydroxylation sites is 1. The van der Waals surface area contributed by atoms with E-state index in [1.54, 1.807) is 54.6 Å². The molecule has 0 bridgehead atoms. The molecule has 1 aromatic heterocycles. The second-order valence-electron chi connectivity index (χ2n) is 6.11. The van der Waals surface area contributed by atoms with E-state index in [0.29, 0.717) is 31.9 Å². The number of hydrogen-bond acceptors (Lipinski definition) is 5. The molecule has 0 saturated heterocycles. The van der Waals surface area contributed by atoms with Crippen molar-refractivity contribution in [1.29, 1.82) is 0 Å². The minimum atomic E-state index is -1.00. The third kappa shape index (κ3) is 3.54. The molecule has 4 rings (SSSR count). The predicted octanol–water partition coefficient (Wildman–Crippen LogP) is 4.64. The number of fused-ring (bicyclic) bond motifs is 1. The Bertz CT molecular complexity index is 1030. The largest absolute Gasteiger partial charge is 0.479 e. The number of ether oxygens (including phenoxy) is 1. The van der Waals surface area contributed by atoms with Gasteiger partial charge in [0.05, 0.1) is 9.90 Å². The molecule has 3 aromatic rings. The van der Waals surface area contributed by atoms with Crippen LogP contribution in [0.15, 0.2) is 60.7 Å². The van der Waals surface area contributed by atoms with Crippen LogP contribution in [0.1, 0.15) is 21.3 Å². The van der Waals surface area contributed by atoms with Gasteiger partial charge in [0.2, 0.25) is 0 Å². The first-order valence-electron chi connectivity index (χ1n) is 8.41. The number of carboxylic acid groups (broad SMARTS) is 1. The molecule has 1 aliphatic heterocycles. The highest BCUT2D eigenvalue weighted by molar-refractivity contribution is 7.16. The maximum Gasteiger partial charge on any atom is 0.331 e. The number of rotatable bonds is 5. The summed E-state index contributed by atoms with van der Waals surface area (Å²) >= 11 is 7.13. The van der Waals surface area contributed by atoms with Crippen LogP contribution >= 0.6 is 22.9 Å². The Labute approximate surface area is 169 Å². The highest BCUT2D eigenvalue weighted by Crippen LogP contribution is 2.31. The summed E-state index contributed by atoms with van der Waals surface area (Å²) in [5, 5.41) is 12.5. The summed E-state index contributed by atoms with van der Waals surface area (Å²) in [6.07, 6.45) is 0. The van der Waals surface area contributed by atoms with E-state index in [4.69, 9.17) is 16.3 Å². The van der Waals surface area contributed by atoms with Gasteiger partial charge in [-0.2, -0.15) is 0 Å². The van der Waals surface area contributed by atoms with Gasteiger partial charge in [-0.15, -0.1) is 11.3 Å². The van der Waals surface area contributed by atoms with Crippen LogP contribution in [0.3, 0.4) is 0 Å². The first-order valence-corrected chi connectivity index (χ1v) is 9.61. The Morgan fingerprint density at radius 2 is 1.89 bits per heavy atom. The third-order valence-corrected chi connectivity index (χ3v) is 5.62. The van der Waals surface area contributed by atoms with E-state index in [0.717, 1.165) is 0 Å². The number of nitrogens with one attached hydrogen (secondary N) is 1. The summed E-state index contributed by atoms with van der Waals surface area (Å²) < 4.78 is 6.18. The summed E-state index contributed by atoms with van der Waals surface area (Å²) in [7, 11) is 0. The molecule has 28 heavy (non-hydrogen) atoms. The number of carbonyl (C=O) groups is 2. The van der Waals surface area contributed by atoms with Gasteiger partial charge in [-0.05, 0) is 48.5 Å². The van der Waals surface area contributed by atoms with E-state index in [2.05, 4.69) is 5.32 Å². The fraction of sp³-hybridized carbons (Fsp3) is 0.100. The van der Waals surface area contributed by atoms with Gasteiger partial charge in [0.1, 0.15) is 5.75 Å². The number of halogens is 1. The van der Waals surface area contributed by atoms with Gasteiger partial charge >= 0.3 is 5.97 Å². The van der Waals surface area contributed by atoms with Crippen molar-refractivity contribution in [1.82, 2.24) is 0 Å². The van der Waals surface area contributed by atoms with E-state index < -0.39 is 12.0 Å².